The molecule has 0 bridgehead atoms. The fourth-order valence-corrected chi connectivity index (χ4v) is 13.8. The molecule has 0 aromatic heterocycles. The Morgan fingerprint density at radius 1 is 0.354 bits per heavy atom. The number of hydrogen-bond acceptors (Lipinski definition) is 19. The van der Waals surface area contributed by atoms with E-state index >= 15 is 0 Å². The minimum Gasteiger partial charge on any atom is -0.462 e. The number of nitrogens with zero attached hydrogens (tertiary/aromatic N) is 2. The second-order valence-corrected chi connectivity index (χ2v) is 25.2. The second kappa shape index (κ2) is 32.7. The lowest BCUT2D eigenvalue weighted by Gasteiger charge is -2.36. The van der Waals surface area contributed by atoms with Crippen LogP contribution in [0.2, 0.25) is 38.3 Å². The molecule has 368 valence electrons. The molecule has 0 heterocycles. The minimum atomic E-state index is -2.39. The van der Waals surface area contributed by atoms with Crippen molar-refractivity contribution >= 4 is 64.4 Å². The molecule has 0 aliphatic heterocycles. The first-order valence-electron chi connectivity index (χ1n) is 21.4. The molecule has 21 heteroatoms. The van der Waals surface area contributed by atoms with Crippen molar-refractivity contribution in [1.29, 1.82) is 0 Å². The van der Waals surface area contributed by atoms with E-state index in [1.54, 1.807) is 0 Å². The summed E-state index contributed by atoms with van der Waals surface area (Å²) in [5.41, 5.74) is 0.904. The third kappa shape index (κ3) is 32.4. The van der Waals surface area contributed by atoms with Crippen molar-refractivity contribution in [2.45, 2.75) is 91.7 Å². The van der Waals surface area contributed by atoms with E-state index < -0.39 is 64.4 Å². The molecule has 0 aliphatic rings. The maximum atomic E-state index is 12.6. The number of esters is 8. The number of hydrogen-bond donors (Lipinski definition) is 0. The van der Waals surface area contributed by atoms with Gasteiger partial charge in [-0.05, 0) is 79.1 Å². The number of carbonyl (C=O) groups is 8. The van der Waals surface area contributed by atoms with Gasteiger partial charge in [0.05, 0.1) is 25.7 Å². The SMILES string of the molecule is C=C(C)C(=O)OCCOC(=O)CCN(CCC(=O)OCCOC(=O)C(=C)C)CC[Si](C)(C)O[Si](C)(C)CCN(CCC(=O)OCCOC(=O)C(=C)C)CCC(=O)OCCOC(=O)C(=C)C. The van der Waals surface area contributed by atoms with Gasteiger partial charge >= 0.3 is 47.8 Å². The van der Waals surface area contributed by atoms with Crippen LogP contribution in [0, 0.1) is 0 Å². The normalized spacial score (nSPS) is 11.2. The Labute approximate surface area is 386 Å². The van der Waals surface area contributed by atoms with Gasteiger partial charge in [-0.15, -0.1) is 0 Å². The highest BCUT2D eigenvalue weighted by Gasteiger charge is 2.34. The standard InChI is InChI=1S/C44H72N2O17Si2/c1-33(2)41(51)59-27-23-55-37(47)13-17-45(18-14-38(48)56-24-28-60-42(52)34(3)4)21-31-64(9,10)63-65(11,12)32-22-46(19-15-39(49)57-25-29-61-43(53)35(5)6)20-16-40(50)58-26-30-62-44(54)36(7)8/h1,3,5,7,13-32H2,2,4,6,8-12H3. The van der Waals surface area contributed by atoms with Gasteiger partial charge in [0.15, 0.2) is 16.6 Å². The lowest BCUT2D eigenvalue weighted by atomic mass is 10.3. The van der Waals surface area contributed by atoms with Crippen LogP contribution in [-0.2, 0) is 80.4 Å². The molecule has 0 aliphatic carbocycles. The minimum absolute atomic E-state index is 0.00522. The summed E-state index contributed by atoms with van der Waals surface area (Å²) in [6.07, 6.45) is 0.0209. The first-order chi connectivity index (χ1) is 30.3. The second-order valence-electron chi connectivity index (χ2n) is 16.4. The number of ether oxygens (including phenoxy) is 8. The van der Waals surface area contributed by atoms with Crippen LogP contribution in [0.1, 0.15) is 53.4 Å². The summed E-state index contributed by atoms with van der Waals surface area (Å²) in [6, 6.07) is 1.29. The van der Waals surface area contributed by atoms with Crippen LogP contribution in [0.4, 0.5) is 0 Å². The van der Waals surface area contributed by atoms with E-state index in [0.29, 0.717) is 25.2 Å². The zero-order valence-electron chi connectivity index (χ0n) is 39.8. The molecule has 0 aromatic rings. The van der Waals surface area contributed by atoms with Gasteiger partial charge in [0.1, 0.15) is 52.9 Å². The Bertz CT molecular complexity index is 1440. The fourth-order valence-electron chi connectivity index (χ4n) is 5.31. The van der Waals surface area contributed by atoms with E-state index in [9.17, 15) is 38.4 Å². The van der Waals surface area contributed by atoms with Crippen LogP contribution < -0.4 is 0 Å². The average Bonchev–Trinajstić information content (AvgIpc) is 3.22. The fraction of sp³-hybridized carbons (Fsp3) is 0.636. The highest BCUT2D eigenvalue weighted by molar-refractivity contribution is 6.84. The van der Waals surface area contributed by atoms with Crippen LogP contribution >= 0.6 is 0 Å². The molecule has 0 unspecified atom stereocenters. The predicted octanol–water partition coefficient (Wildman–Crippen LogP) is 4.23. The smallest absolute Gasteiger partial charge is 0.333 e. The molecular formula is C44H72N2O17Si2. The highest BCUT2D eigenvalue weighted by atomic mass is 28.4. The Kier molecular flexibility index (Phi) is 30.2. The molecule has 0 atom stereocenters. The van der Waals surface area contributed by atoms with Gasteiger partial charge in [0, 0.05) is 48.5 Å². The summed E-state index contributed by atoms with van der Waals surface area (Å²) < 4.78 is 47.7. The van der Waals surface area contributed by atoms with Crippen molar-refractivity contribution in [3.8, 4) is 0 Å². The van der Waals surface area contributed by atoms with E-state index in [2.05, 4.69) is 52.5 Å². The first kappa shape index (κ1) is 60.0. The van der Waals surface area contributed by atoms with Gasteiger partial charge in [-0.25, -0.2) is 19.2 Å². The van der Waals surface area contributed by atoms with Crippen molar-refractivity contribution < 1.29 is 80.4 Å². The van der Waals surface area contributed by atoms with Crippen LogP contribution in [0.3, 0.4) is 0 Å². The molecule has 19 nitrogen and oxygen atoms in total. The Hall–Kier alpha value is -4.97. The van der Waals surface area contributed by atoms with E-state index in [1.165, 1.54) is 27.7 Å². The molecule has 0 saturated carbocycles. The van der Waals surface area contributed by atoms with Gasteiger partial charge in [-0.1, -0.05) is 26.3 Å². The largest absolute Gasteiger partial charge is 0.462 e. The monoisotopic (exact) mass is 956 g/mol. The predicted molar refractivity (Wildman–Crippen MR) is 244 cm³/mol. The Morgan fingerprint density at radius 3 is 0.754 bits per heavy atom. The zero-order valence-corrected chi connectivity index (χ0v) is 41.8. The molecular weight excluding hydrogens is 885 g/mol. The summed E-state index contributed by atoms with van der Waals surface area (Å²) in [5, 5.41) is 0. The van der Waals surface area contributed by atoms with Crippen LogP contribution in [0.5, 0.6) is 0 Å². The molecule has 0 fully saturated rings. The third-order valence-corrected chi connectivity index (χ3v) is 16.1. The number of rotatable bonds is 36. The van der Waals surface area contributed by atoms with Gasteiger partial charge < -0.3 is 51.8 Å². The van der Waals surface area contributed by atoms with E-state index in [-0.39, 0.29) is 127 Å². The van der Waals surface area contributed by atoms with Crippen molar-refractivity contribution in [2.24, 2.45) is 0 Å². The highest BCUT2D eigenvalue weighted by Crippen LogP contribution is 2.23. The molecule has 0 radical (unpaired) electrons. The summed E-state index contributed by atoms with van der Waals surface area (Å²) in [4.78, 5) is 101. The molecule has 0 amide bonds. The first-order valence-corrected chi connectivity index (χ1v) is 27.6. The van der Waals surface area contributed by atoms with Crippen LogP contribution in [0.15, 0.2) is 48.6 Å². The van der Waals surface area contributed by atoms with Crippen LogP contribution in [0.25, 0.3) is 0 Å². The van der Waals surface area contributed by atoms with Crippen molar-refractivity contribution in [2.75, 3.05) is 92.1 Å². The maximum Gasteiger partial charge on any atom is 0.333 e. The number of carbonyl (C=O) groups excluding carboxylic acids is 8. The van der Waals surface area contributed by atoms with Gasteiger partial charge in [-0.2, -0.15) is 0 Å². The average molecular weight is 957 g/mol. The summed E-state index contributed by atoms with van der Waals surface area (Å²) in [7, 11) is -4.78. The van der Waals surface area contributed by atoms with Gasteiger partial charge in [0.2, 0.25) is 0 Å². The molecule has 0 N–H and O–H groups in total. The van der Waals surface area contributed by atoms with Crippen LogP contribution in [-0.4, -0.2) is 166 Å². The summed E-state index contributed by atoms with van der Waals surface area (Å²) >= 11 is 0. The van der Waals surface area contributed by atoms with Gasteiger partial charge in [0.25, 0.3) is 0 Å². The quantitative estimate of drug-likeness (QED) is 0.0282. The topological polar surface area (TPSA) is 226 Å². The van der Waals surface area contributed by atoms with Gasteiger partial charge in [-0.3, -0.25) is 19.2 Å². The van der Waals surface area contributed by atoms with Crippen molar-refractivity contribution in [3.63, 3.8) is 0 Å². The van der Waals surface area contributed by atoms with Crippen molar-refractivity contribution in [1.82, 2.24) is 9.80 Å². The molecule has 65 heavy (non-hydrogen) atoms. The molecule has 0 saturated heterocycles. The summed E-state index contributed by atoms with van der Waals surface area (Å²) in [6.45, 7) is 29.5. The van der Waals surface area contributed by atoms with E-state index in [1.807, 2.05) is 9.80 Å². The van der Waals surface area contributed by atoms with E-state index in [4.69, 9.17) is 42.0 Å². The third-order valence-electron chi connectivity index (χ3n) is 8.85. The van der Waals surface area contributed by atoms with Crippen molar-refractivity contribution in [3.05, 3.63) is 48.6 Å². The lowest BCUT2D eigenvalue weighted by Crippen LogP contribution is -2.48. The maximum absolute atomic E-state index is 12.6. The molecule has 0 aromatic carbocycles. The summed E-state index contributed by atoms with van der Waals surface area (Å²) in [5.74, 6) is -4.39. The van der Waals surface area contributed by atoms with E-state index in [0.717, 1.165) is 0 Å². The molecule has 0 spiro atoms. The Balaban J connectivity index is 5.56. The lowest BCUT2D eigenvalue weighted by molar-refractivity contribution is -0.151. The molecule has 0 rings (SSSR count). The zero-order chi connectivity index (χ0) is 49.6. The Morgan fingerprint density at radius 2 is 0.554 bits per heavy atom.